The molecule has 4 nitrogen and oxygen atoms in total. The van der Waals surface area contributed by atoms with E-state index in [9.17, 15) is 0 Å². The molecule has 17 heavy (non-hydrogen) atoms. The molecule has 0 aliphatic heterocycles. The van der Waals surface area contributed by atoms with Crippen LogP contribution in [0.1, 0.15) is 12.7 Å². The van der Waals surface area contributed by atoms with Crippen LogP contribution in [0.5, 0.6) is 0 Å². The van der Waals surface area contributed by atoms with Crippen molar-refractivity contribution in [3.05, 3.63) is 30.1 Å². The zero-order valence-corrected chi connectivity index (χ0v) is 10.8. The summed E-state index contributed by atoms with van der Waals surface area (Å²) in [7, 11) is 1.89. The monoisotopic (exact) mass is 249 g/mol. The summed E-state index contributed by atoms with van der Waals surface area (Å²) in [5.74, 6) is 3.19. The van der Waals surface area contributed by atoms with Gasteiger partial charge < -0.3 is 9.84 Å². The zero-order chi connectivity index (χ0) is 12.1. The minimum absolute atomic E-state index is 0.583. The Morgan fingerprint density at radius 1 is 1.29 bits per heavy atom. The van der Waals surface area contributed by atoms with Crippen molar-refractivity contribution >= 4 is 17.4 Å². The first-order chi connectivity index (χ1) is 8.33. The van der Waals surface area contributed by atoms with Crippen molar-refractivity contribution in [3.8, 4) is 11.5 Å². The van der Waals surface area contributed by atoms with Gasteiger partial charge in [-0.05, 0) is 30.0 Å². The molecular formula is C12H15N3OS. The topological polar surface area (TPSA) is 51.0 Å². The molecule has 0 unspecified atom stereocenters. The number of anilines is 1. The Hall–Kier alpha value is -1.49. The first kappa shape index (κ1) is 12.0. The molecule has 1 heterocycles. The Labute approximate surface area is 105 Å². The van der Waals surface area contributed by atoms with Crippen LogP contribution in [0.2, 0.25) is 0 Å². The summed E-state index contributed by atoms with van der Waals surface area (Å²) in [6, 6.07) is 7.91. The maximum Gasteiger partial charge on any atom is 0.257 e. The fourth-order valence-electron chi connectivity index (χ4n) is 1.40. The molecule has 1 N–H and O–H groups in total. The van der Waals surface area contributed by atoms with Crippen LogP contribution in [0, 0.1) is 0 Å². The Morgan fingerprint density at radius 3 is 2.71 bits per heavy atom. The predicted molar refractivity (Wildman–Crippen MR) is 71.1 cm³/mol. The van der Waals surface area contributed by atoms with Gasteiger partial charge in [-0.1, -0.05) is 12.1 Å². The summed E-state index contributed by atoms with van der Waals surface area (Å²) >= 11 is 1.78. The van der Waals surface area contributed by atoms with Gasteiger partial charge in [-0.15, -0.1) is 0 Å². The fraction of sp³-hybridized carbons (Fsp3) is 0.333. The van der Waals surface area contributed by atoms with Crippen LogP contribution in [0.25, 0.3) is 11.5 Å². The van der Waals surface area contributed by atoms with Gasteiger partial charge in [0.05, 0.1) is 5.75 Å². The third-order valence-corrected chi connectivity index (χ3v) is 3.19. The lowest BCUT2D eigenvalue weighted by molar-refractivity contribution is 0.425. The minimum Gasteiger partial charge on any atom is -0.388 e. The highest BCUT2D eigenvalue weighted by atomic mass is 32.2. The molecule has 0 aliphatic carbocycles. The van der Waals surface area contributed by atoms with E-state index in [0.29, 0.717) is 5.89 Å². The molecule has 0 radical (unpaired) electrons. The van der Waals surface area contributed by atoms with Crippen molar-refractivity contribution in [2.24, 2.45) is 0 Å². The van der Waals surface area contributed by atoms with Gasteiger partial charge in [-0.25, -0.2) is 0 Å². The van der Waals surface area contributed by atoms with Crippen molar-refractivity contribution in [2.75, 3.05) is 18.1 Å². The minimum atomic E-state index is 0.583. The lowest BCUT2D eigenvalue weighted by atomic mass is 10.2. The van der Waals surface area contributed by atoms with E-state index in [2.05, 4.69) is 22.4 Å². The van der Waals surface area contributed by atoms with Crippen molar-refractivity contribution in [2.45, 2.75) is 12.7 Å². The van der Waals surface area contributed by atoms with E-state index >= 15 is 0 Å². The Kier molecular flexibility index (Phi) is 4.03. The summed E-state index contributed by atoms with van der Waals surface area (Å²) < 4.78 is 5.23. The van der Waals surface area contributed by atoms with Gasteiger partial charge in [0, 0.05) is 18.3 Å². The molecule has 90 valence electrons. The van der Waals surface area contributed by atoms with Gasteiger partial charge in [-0.2, -0.15) is 16.7 Å². The molecule has 0 bridgehead atoms. The van der Waals surface area contributed by atoms with Crippen LogP contribution in [0.15, 0.2) is 28.8 Å². The second kappa shape index (κ2) is 5.72. The second-order valence-corrected chi connectivity index (χ2v) is 4.75. The molecule has 0 atom stereocenters. The van der Waals surface area contributed by atoms with E-state index in [1.165, 1.54) is 0 Å². The number of nitrogens with one attached hydrogen (secondary N) is 1. The Morgan fingerprint density at radius 2 is 2.06 bits per heavy atom. The number of thioether (sulfide) groups is 1. The molecule has 0 fully saturated rings. The maximum atomic E-state index is 5.23. The van der Waals surface area contributed by atoms with Crippen molar-refractivity contribution in [3.63, 3.8) is 0 Å². The third kappa shape index (κ3) is 3.00. The molecular weight excluding hydrogens is 234 g/mol. The average molecular weight is 249 g/mol. The van der Waals surface area contributed by atoms with Crippen LogP contribution in [-0.2, 0) is 5.75 Å². The van der Waals surface area contributed by atoms with E-state index < -0.39 is 0 Å². The second-order valence-electron chi connectivity index (χ2n) is 3.48. The number of nitrogens with zero attached hydrogens (tertiary/aromatic N) is 2. The standard InChI is InChI=1S/C12H15N3OS/c1-3-17-8-11-14-12(16-15-11)9-4-6-10(13-2)7-5-9/h4-7,13H,3,8H2,1-2H3. The number of benzene rings is 1. The lowest BCUT2D eigenvalue weighted by Crippen LogP contribution is -1.87. The molecule has 1 aromatic carbocycles. The van der Waals surface area contributed by atoms with E-state index in [1.807, 2.05) is 31.3 Å². The van der Waals surface area contributed by atoms with Gasteiger partial charge in [0.1, 0.15) is 0 Å². The highest BCUT2D eigenvalue weighted by Crippen LogP contribution is 2.20. The van der Waals surface area contributed by atoms with Crippen LogP contribution < -0.4 is 5.32 Å². The van der Waals surface area contributed by atoms with Crippen LogP contribution in [0.3, 0.4) is 0 Å². The van der Waals surface area contributed by atoms with Gasteiger partial charge in [0.2, 0.25) is 0 Å². The maximum absolute atomic E-state index is 5.23. The molecule has 0 saturated heterocycles. The molecule has 2 aromatic rings. The van der Waals surface area contributed by atoms with Crippen molar-refractivity contribution < 1.29 is 4.52 Å². The summed E-state index contributed by atoms with van der Waals surface area (Å²) in [4.78, 5) is 4.35. The molecule has 5 heteroatoms. The molecule has 1 aromatic heterocycles. The quantitative estimate of drug-likeness (QED) is 0.882. The van der Waals surface area contributed by atoms with Gasteiger partial charge in [-0.3, -0.25) is 0 Å². The number of hydrogen-bond donors (Lipinski definition) is 1. The molecule has 2 rings (SSSR count). The summed E-state index contributed by atoms with van der Waals surface area (Å²) in [5.41, 5.74) is 2.01. The van der Waals surface area contributed by atoms with E-state index in [1.54, 1.807) is 11.8 Å². The first-order valence-corrected chi connectivity index (χ1v) is 6.67. The molecule has 0 spiro atoms. The fourth-order valence-corrected chi connectivity index (χ4v) is 1.91. The van der Waals surface area contributed by atoms with E-state index in [-0.39, 0.29) is 0 Å². The van der Waals surface area contributed by atoms with Gasteiger partial charge in [0.25, 0.3) is 5.89 Å². The normalized spacial score (nSPS) is 10.5. The summed E-state index contributed by atoms with van der Waals surface area (Å²) in [5, 5.41) is 7.02. The number of aromatic nitrogens is 2. The molecule has 0 saturated carbocycles. The largest absolute Gasteiger partial charge is 0.388 e. The highest BCUT2D eigenvalue weighted by Gasteiger charge is 2.08. The number of hydrogen-bond acceptors (Lipinski definition) is 5. The van der Waals surface area contributed by atoms with Crippen molar-refractivity contribution in [1.29, 1.82) is 0 Å². The van der Waals surface area contributed by atoms with Gasteiger partial charge in [0.15, 0.2) is 5.82 Å². The summed E-state index contributed by atoms with van der Waals surface area (Å²) in [6.07, 6.45) is 0. The Bertz CT molecular complexity index is 467. The van der Waals surface area contributed by atoms with Crippen LogP contribution >= 0.6 is 11.8 Å². The molecule has 0 aliphatic rings. The van der Waals surface area contributed by atoms with Crippen LogP contribution in [0.4, 0.5) is 5.69 Å². The zero-order valence-electron chi connectivity index (χ0n) is 9.93. The highest BCUT2D eigenvalue weighted by molar-refractivity contribution is 7.98. The van der Waals surface area contributed by atoms with Gasteiger partial charge >= 0.3 is 0 Å². The number of rotatable bonds is 5. The SMILES string of the molecule is CCSCc1noc(-c2ccc(NC)cc2)n1. The molecule has 0 amide bonds. The Balaban J connectivity index is 2.12. The predicted octanol–water partition coefficient (Wildman–Crippen LogP) is 3.03. The van der Waals surface area contributed by atoms with E-state index in [4.69, 9.17) is 4.52 Å². The first-order valence-electron chi connectivity index (χ1n) is 5.52. The summed E-state index contributed by atoms with van der Waals surface area (Å²) in [6.45, 7) is 2.11. The van der Waals surface area contributed by atoms with Crippen LogP contribution in [-0.4, -0.2) is 22.9 Å². The third-order valence-electron chi connectivity index (χ3n) is 2.32. The average Bonchev–Trinajstić information content (AvgIpc) is 2.85. The van der Waals surface area contributed by atoms with Crippen molar-refractivity contribution in [1.82, 2.24) is 10.1 Å². The van der Waals surface area contributed by atoms with E-state index in [0.717, 1.165) is 28.6 Å². The smallest absolute Gasteiger partial charge is 0.257 e. The lowest BCUT2D eigenvalue weighted by Gasteiger charge is -1.99.